The Hall–Kier alpha value is -0.630. The van der Waals surface area contributed by atoms with Crippen molar-refractivity contribution in [2.24, 2.45) is 0 Å². The van der Waals surface area contributed by atoms with Crippen LogP contribution in [0, 0.1) is 5.82 Å². The van der Waals surface area contributed by atoms with Crippen LogP contribution in [0.2, 0.25) is 0 Å². The normalized spacial score (nSPS) is 9.40. The zero-order valence-corrected chi connectivity index (χ0v) is 6.86. The molecule has 2 heteroatoms. The van der Waals surface area contributed by atoms with E-state index in [2.05, 4.69) is 22.5 Å². The maximum absolute atomic E-state index is 12.7. The number of rotatable bonds is 1. The molecule has 0 N–H and O–H groups in total. The predicted molar refractivity (Wildman–Crippen MR) is 44.2 cm³/mol. The minimum Gasteiger partial charge on any atom is -0.206 e. The van der Waals surface area contributed by atoms with Gasteiger partial charge in [0.15, 0.2) is 0 Å². The van der Waals surface area contributed by atoms with Crippen LogP contribution in [0.1, 0.15) is 5.56 Å². The fourth-order valence-electron chi connectivity index (χ4n) is 0.667. The topological polar surface area (TPSA) is 0 Å². The van der Waals surface area contributed by atoms with Gasteiger partial charge in [0.2, 0.25) is 0 Å². The zero-order chi connectivity index (χ0) is 7.56. The van der Waals surface area contributed by atoms with Crippen molar-refractivity contribution in [2.75, 3.05) is 0 Å². The molecule has 0 saturated heterocycles. The molecule has 10 heavy (non-hydrogen) atoms. The van der Waals surface area contributed by atoms with Crippen LogP contribution in [0.25, 0.3) is 6.08 Å². The lowest BCUT2D eigenvalue weighted by Crippen LogP contribution is -1.79. The van der Waals surface area contributed by atoms with Gasteiger partial charge in [-0.15, -0.1) is 0 Å². The summed E-state index contributed by atoms with van der Waals surface area (Å²) in [7, 11) is 0. The molecule has 0 spiro atoms. The van der Waals surface area contributed by atoms with Crippen LogP contribution in [0.3, 0.4) is 0 Å². The van der Waals surface area contributed by atoms with Gasteiger partial charge in [-0.25, -0.2) is 4.39 Å². The van der Waals surface area contributed by atoms with E-state index in [4.69, 9.17) is 0 Å². The maximum atomic E-state index is 12.7. The van der Waals surface area contributed by atoms with Crippen LogP contribution < -0.4 is 0 Å². The fraction of sp³-hybridized carbons (Fsp3) is 0. The molecule has 1 aromatic carbocycles. The monoisotopic (exact) mass is 200 g/mol. The Bertz CT molecular complexity index is 255. The van der Waals surface area contributed by atoms with Crippen molar-refractivity contribution in [1.82, 2.24) is 0 Å². The van der Waals surface area contributed by atoms with Crippen LogP contribution >= 0.6 is 15.9 Å². The van der Waals surface area contributed by atoms with Crippen molar-refractivity contribution in [3.05, 3.63) is 40.6 Å². The van der Waals surface area contributed by atoms with E-state index in [0.717, 1.165) is 4.47 Å². The van der Waals surface area contributed by atoms with Crippen LogP contribution in [0.5, 0.6) is 0 Å². The standard InChI is InChI=1S/C8H6BrF/c1-2-6-3-4-7(9)5-8(6)10/h2-5H,1H2. The van der Waals surface area contributed by atoms with Gasteiger partial charge in [-0.2, -0.15) is 0 Å². The van der Waals surface area contributed by atoms with Crippen LogP contribution in [-0.2, 0) is 0 Å². The highest BCUT2D eigenvalue weighted by Gasteiger charge is 1.96. The van der Waals surface area contributed by atoms with Gasteiger partial charge in [0, 0.05) is 10.0 Å². The second-order valence-corrected chi connectivity index (χ2v) is 2.79. The molecule has 52 valence electrons. The molecule has 0 amide bonds. The molecule has 0 unspecified atom stereocenters. The van der Waals surface area contributed by atoms with Crippen molar-refractivity contribution in [3.63, 3.8) is 0 Å². The van der Waals surface area contributed by atoms with Crippen LogP contribution in [0.15, 0.2) is 29.3 Å². The summed E-state index contributed by atoms with van der Waals surface area (Å²) in [6.07, 6.45) is 1.49. The molecule has 0 aliphatic rings. The van der Waals surface area contributed by atoms with Crippen LogP contribution in [0.4, 0.5) is 4.39 Å². The smallest absolute Gasteiger partial charge is 0.131 e. The van der Waals surface area contributed by atoms with Crippen molar-refractivity contribution >= 4 is 22.0 Å². The molecule has 1 rings (SSSR count). The highest BCUT2D eigenvalue weighted by atomic mass is 79.9. The quantitative estimate of drug-likeness (QED) is 0.654. The highest BCUT2D eigenvalue weighted by Crippen LogP contribution is 2.15. The van der Waals surface area contributed by atoms with E-state index in [1.807, 2.05) is 0 Å². The molecule has 0 aliphatic carbocycles. The van der Waals surface area contributed by atoms with E-state index in [1.165, 1.54) is 12.1 Å². The van der Waals surface area contributed by atoms with Crippen molar-refractivity contribution in [3.8, 4) is 0 Å². The average molecular weight is 201 g/mol. The number of hydrogen-bond donors (Lipinski definition) is 0. The largest absolute Gasteiger partial charge is 0.206 e. The summed E-state index contributed by atoms with van der Waals surface area (Å²) in [5, 5.41) is 0. The summed E-state index contributed by atoms with van der Waals surface area (Å²) in [6.45, 7) is 3.47. The van der Waals surface area contributed by atoms with E-state index in [1.54, 1.807) is 12.1 Å². The molecule has 0 atom stereocenters. The van der Waals surface area contributed by atoms with E-state index in [-0.39, 0.29) is 5.82 Å². The first kappa shape index (κ1) is 7.48. The number of benzene rings is 1. The number of halogens is 2. The molecular weight excluding hydrogens is 195 g/mol. The van der Waals surface area contributed by atoms with Gasteiger partial charge in [0.1, 0.15) is 5.82 Å². The zero-order valence-electron chi connectivity index (χ0n) is 5.27. The SMILES string of the molecule is C=Cc1ccc(Br)cc1F. The molecule has 0 saturated carbocycles. The summed E-state index contributed by atoms with van der Waals surface area (Å²) >= 11 is 3.15. The lowest BCUT2D eigenvalue weighted by atomic mass is 10.2. The third-order valence-corrected chi connectivity index (χ3v) is 1.68. The molecule has 0 radical (unpaired) electrons. The molecule has 1 aromatic rings. The van der Waals surface area contributed by atoms with Crippen molar-refractivity contribution < 1.29 is 4.39 Å². The Labute approximate surface area is 67.5 Å². The summed E-state index contributed by atoms with van der Waals surface area (Å²) in [5.74, 6) is -0.246. The fourth-order valence-corrected chi connectivity index (χ4v) is 1.00. The van der Waals surface area contributed by atoms with Gasteiger partial charge in [0.25, 0.3) is 0 Å². The molecule has 0 bridgehead atoms. The van der Waals surface area contributed by atoms with Gasteiger partial charge in [-0.05, 0) is 12.1 Å². The first-order chi connectivity index (χ1) is 4.74. The summed E-state index contributed by atoms with van der Waals surface area (Å²) in [6, 6.07) is 4.86. The molecular formula is C8H6BrF. The van der Waals surface area contributed by atoms with Gasteiger partial charge < -0.3 is 0 Å². The molecule has 0 fully saturated rings. The minimum atomic E-state index is -0.246. The third-order valence-electron chi connectivity index (χ3n) is 1.18. The first-order valence-electron chi connectivity index (χ1n) is 2.81. The second-order valence-electron chi connectivity index (χ2n) is 1.87. The maximum Gasteiger partial charge on any atom is 0.131 e. The lowest BCUT2D eigenvalue weighted by molar-refractivity contribution is 0.624. The third kappa shape index (κ3) is 1.45. The van der Waals surface area contributed by atoms with E-state index in [9.17, 15) is 4.39 Å². The Morgan fingerprint density at radius 2 is 2.20 bits per heavy atom. The molecule has 0 aromatic heterocycles. The van der Waals surface area contributed by atoms with Crippen molar-refractivity contribution in [2.45, 2.75) is 0 Å². The summed E-state index contributed by atoms with van der Waals surface area (Å²) in [4.78, 5) is 0. The number of hydrogen-bond acceptors (Lipinski definition) is 0. The summed E-state index contributed by atoms with van der Waals surface area (Å²) < 4.78 is 13.5. The second kappa shape index (κ2) is 2.97. The van der Waals surface area contributed by atoms with Gasteiger partial charge in [-0.3, -0.25) is 0 Å². The highest BCUT2D eigenvalue weighted by molar-refractivity contribution is 9.10. The Kier molecular flexibility index (Phi) is 2.22. The van der Waals surface area contributed by atoms with Gasteiger partial charge in [-0.1, -0.05) is 34.7 Å². The minimum absolute atomic E-state index is 0.246. The van der Waals surface area contributed by atoms with E-state index < -0.39 is 0 Å². The van der Waals surface area contributed by atoms with Gasteiger partial charge >= 0.3 is 0 Å². The molecule has 0 nitrogen and oxygen atoms in total. The summed E-state index contributed by atoms with van der Waals surface area (Å²) in [5.41, 5.74) is 0.531. The van der Waals surface area contributed by atoms with Crippen molar-refractivity contribution in [1.29, 1.82) is 0 Å². The predicted octanol–water partition coefficient (Wildman–Crippen LogP) is 3.23. The molecule has 0 heterocycles. The Balaban J connectivity index is 3.19. The lowest BCUT2D eigenvalue weighted by Gasteiger charge is -1.94. The van der Waals surface area contributed by atoms with Crippen LogP contribution in [-0.4, -0.2) is 0 Å². The van der Waals surface area contributed by atoms with Gasteiger partial charge in [0.05, 0.1) is 0 Å². The Morgan fingerprint density at radius 3 is 2.70 bits per heavy atom. The molecule has 0 aliphatic heterocycles. The van der Waals surface area contributed by atoms with E-state index in [0.29, 0.717) is 5.56 Å². The first-order valence-corrected chi connectivity index (χ1v) is 3.61. The van der Waals surface area contributed by atoms with E-state index >= 15 is 0 Å². The Morgan fingerprint density at radius 1 is 1.50 bits per heavy atom. The average Bonchev–Trinajstić information content (AvgIpc) is 1.88.